The van der Waals surface area contributed by atoms with Crippen LogP contribution in [0.2, 0.25) is 0 Å². The Morgan fingerprint density at radius 3 is 2.50 bits per heavy atom. The Morgan fingerprint density at radius 1 is 1.15 bits per heavy atom. The average molecular weight is 375 g/mol. The lowest BCUT2D eigenvalue weighted by atomic mass is 9.93. The maximum absolute atomic E-state index is 12.3. The standard InChI is InChI=1S/C18H21N3O4S/c1-25-14-8-2-11(3-9-14)16(23)21-18-20-15(10-26-18)17(24)19-12-4-6-13(22)7-5-12/h2-3,8-10,12-13,22H,4-7H2,1H3,(H,19,24)(H,20,21,23). The van der Waals surface area contributed by atoms with Gasteiger partial charge < -0.3 is 15.2 Å². The van der Waals surface area contributed by atoms with Gasteiger partial charge in [0.1, 0.15) is 11.4 Å². The fourth-order valence-corrected chi connectivity index (χ4v) is 3.51. The molecule has 1 aliphatic rings. The Morgan fingerprint density at radius 2 is 1.85 bits per heavy atom. The molecule has 0 radical (unpaired) electrons. The summed E-state index contributed by atoms with van der Waals surface area (Å²) in [5.41, 5.74) is 0.763. The van der Waals surface area contributed by atoms with E-state index in [1.54, 1.807) is 36.8 Å². The third-order valence-electron chi connectivity index (χ3n) is 4.34. The predicted octanol–water partition coefficient (Wildman–Crippen LogP) is 2.44. The van der Waals surface area contributed by atoms with Gasteiger partial charge in [-0.1, -0.05) is 0 Å². The number of nitrogens with one attached hydrogen (secondary N) is 2. The van der Waals surface area contributed by atoms with Crippen molar-refractivity contribution in [2.75, 3.05) is 12.4 Å². The molecule has 0 unspecified atom stereocenters. The SMILES string of the molecule is COc1ccc(C(=O)Nc2nc(C(=O)NC3CCC(O)CC3)cs2)cc1. The van der Waals surface area contributed by atoms with E-state index in [9.17, 15) is 14.7 Å². The van der Waals surface area contributed by atoms with Gasteiger partial charge in [-0.05, 0) is 49.9 Å². The quantitative estimate of drug-likeness (QED) is 0.745. The van der Waals surface area contributed by atoms with E-state index in [2.05, 4.69) is 15.6 Å². The molecule has 0 bridgehead atoms. The van der Waals surface area contributed by atoms with Gasteiger partial charge in [-0.25, -0.2) is 4.98 Å². The summed E-state index contributed by atoms with van der Waals surface area (Å²) in [7, 11) is 1.56. The van der Waals surface area contributed by atoms with E-state index in [1.807, 2.05) is 0 Å². The van der Waals surface area contributed by atoms with Gasteiger partial charge >= 0.3 is 0 Å². The lowest BCUT2D eigenvalue weighted by Gasteiger charge is -2.25. The summed E-state index contributed by atoms with van der Waals surface area (Å²) in [6, 6.07) is 6.79. The van der Waals surface area contributed by atoms with Crippen LogP contribution < -0.4 is 15.4 Å². The normalized spacial score (nSPS) is 19.6. The fraction of sp³-hybridized carbons (Fsp3) is 0.389. The minimum Gasteiger partial charge on any atom is -0.497 e. The van der Waals surface area contributed by atoms with Crippen molar-refractivity contribution < 1.29 is 19.4 Å². The van der Waals surface area contributed by atoms with Gasteiger partial charge in [0.25, 0.3) is 11.8 Å². The van der Waals surface area contributed by atoms with E-state index in [1.165, 1.54) is 11.3 Å². The number of benzene rings is 1. The van der Waals surface area contributed by atoms with Crippen LogP contribution in [0.4, 0.5) is 5.13 Å². The lowest BCUT2D eigenvalue weighted by molar-refractivity contribution is 0.0863. The second kappa shape index (κ2) is 8.29. The molecular formula is C18H21N3O4S. The number of aromatic nitrogens is 1. The number of nitrogens with zero attached hydrogens (tertiary/aromatic N) is 1. The van der Waals surface area contributed by atoms with Crippen molar-refractivity contribution in [2.24, 2.45) is 0 Å². The number of aliphatic hydroxyl groups is 1. The number of ether oxygens (including phenoxy) is 1. The van der Waals surface area contributed by atoms with Crippen molar-refractivity contribution in [3.05, 3.63) is 40.9 Å². The van der Waals surface area contributed by atoms with Gasteiger partial charge in [-0.15, -0.1) is 11.3 Å². The molecule has 0 atom stereocenters. The summed E-state index contributed by atoms with van der Waals surface area (Å²) in [6.45, 7) is 0. The zero-order valence-electron chi connectivity index (χ0n) is 14.4. The highest BCUT2D eigenvalue weighted by molar-refractivity contribution is 7.14. The number of anilines is 1. The Balaban J connectivity index is 1.56. The van der Waals surface area contributed by atoms with E-state index in [4.69, 9.17) is 4.74 Å². The van der Waals surface area contributed by atoms with Crippen LogP contribution in [-0.4, -0.2) is 41.2 Å². The molecule has 0 aliphatic heterocycles. The molecule has 1 aromatic heterocycles. The van der Waals surface area contributed by atoms with Gasteiger partial charge in [0.2, 0.25) is 0 Å². The van der Waals surface area contributed by atoms with Crippen molar-refractivity contribution in [1.29, 1.82) is 0 Å². The minimum absolute atomic E-state index is 0.0601. The number of amides is 2. The highest BCUT2D eigenvalue weighted by atomic mass is 32.1. The maximum Gasteiger partial charge on any atom is 0.271 e. The zero-order valence-corrected chi connectivity index (χ0v) is 15.2. The monoisotopic (exact) mass is 375 g/mol. The van der Waals surface area contributed by atoms with Crippen LogP contribution in [0, 0.1) is 0 Å². The van der Waals surface area contributed by atoms with Crippen LogP contribution in [0.3, 0.4) is 0 Å². The summed E-state index contributed by atoms with van der Waals surface area (Å²) in [6.07, 6.45) is 2.66. The van der Waals surface area contributed by atoms with Crippen LogP contribution >= 0.6 is 11.3 Å². The molecule has 1 aliphatic carbocycles. The van der Waals surface area contributed by atoms with E-state index < -0.39 is 0 Å². The molecular weight excluding hydrogens is 354 g/mol. The van der Waals surface area contributed by atoms with Crippen LogP contribution in [-0.2, 0) is 0 Å². The molecule has 2 amide bonds. The molecule has 1 heterocycles. The van der Waals surface area contributed by atoms with Crippen LogP contribution in [0.1, 0.15) is 46.5 Å². The van der Waals surface area contributed by atoms with Gasteiger partial charge in [0.05, 0.1) is 13.2 Å². The number of thiazole rings is 1. The molecule has 1 fully saturated rings. The van der Waals surface area contributed by atoms with Crippen molar-refractivity contribution >= 4 is 28.3 Å². The van der Waals surface area contributed by atoms with Crippen LogP contribution in [0.15, 0.2) is 29.6 Å². The van der Waals surface area contributed by atoms with E-state index in [-0.39, 0.29) is 29.7 Å². The van der Waals surface area contributed by atoms with Crippen LogP contribution in [0.25, 0.3) is 0 Å². The summed E-state index contributed by atoms with van der Waals surface area (Å²) in [5, 5.41) is 17.1. The Bertz CT molecular complexity index is 767. The van der Waals surface area contributed by atoms with Gasteiger partial charge in [0, 0.05) is 17.0 Å². The molecule has 7 nitrogen and oxygen atoms in total. The van der Waals surface area contributed by atoms with E-state index in [0.29, 0.717) is 29.3 Å². The van der Waals surface area contributed by atoms with Gasteiger partial charge in [-0.2, -0.15) is 0 Å². The van der Waals surface area contributed by atoms with Crippen molar-refractivity contribution in [3.63, 3.8) is 0 Å². The summed E-state index contributed by atoms with van der Waals surface area (Å²) < 4.78 is 5.06. The molecule has 1 saturated carbocycles. The molecule has 3 N–H and O–H groups in total. The third kappa shape index (κ3) is 4.59. The number of methoxy groups -OCH3 is 1. The smallest absolute Gasteiger partial charge is 0.271 e. The largest absolute Gasteiger partial charge is 0.497 e. The van der Waals surface area contributed by atoms with Crippen molar-refractivity contribution in [2.45, 2.75) is 37.8 Å². The first-order valence-corrected chi connectivity index (χ1v) is 9.33. The second-order valence-corrected chi connectivity index (χ2v) is 7.06. The zero-order chi connectivity index (χ0) is 18.5. The maximum atomic E-state index is 12.3. The summed E-state index contributed by atoms with van der Waals surface area (Å²) in [5.74, 6) is 0.118. The first-order valence-electron chi connectivity index (χ1n) is 8.45. The average Bonchev–Trinajstić information content (AvgIpc) is 3.12. The lowest BCUT2D eigenvalue weighted by Crippen LogP contribution is -2.38. The predicted molar refractivity (Wildman–Crippen MR) is 98.8 cm³/mol. The number of rotatable bonds is 5. The highest BCUT2D eigenvalue weighted by Crippen LogP contribution is 2.20. The van der Waals surface area contributed by atoms with Gasteiger partial charge in [-0.3, -0.25) is 14.9 Å². The number of carbonyl (C=O) groups excluding carboxylic acids is 2. The third-order valence-corrected chi connectivity index (χ3v) is 5.10. The fourth-order valence-electron chi connectivity index (χ4n) is 2.83. The number of hydrogen-bond donors (Lipinski definition) is 3. The molecule has 0 spiro atoms. The van der Waals surface area contributed by atoms with Crippen LogP contribution in [0.5, 0.6) is 5.75 Å². The number of aliphatic hydroxyl groups excluding tert-OH is 1. The van der Waals surface area contributed by atoms with E-state index in [0.717, 1.165) is 12.8 Å². The molecule has 138 valence electrons. The Kier molecular flexibility index (Phi) is 5.85. The molecule has 1 aromatic carbocycles. The molecule has 0 saturated heterocycles. The highest BCUT2D eigenvalue weighted by Gasteiger charge is 2.22. The van der Waals surface area contributed by atoms with Crippen molar-refractivity contribution in [3.8, 4) is 5.75 Å². The summed E-state index contributed by atoms with van der Waals surface area (Å²) in [4.78, 5) is 28.7. The van der Waals surface area contributed by atoms with Gasteiger partial charge in [0.15, 0.2) is 5.13 Å². The van der Waals surface area contributed by atoms with E-state index >= 15 is 0 Å². The second-order valence-electron chi connectivity index (χ2n) is 6.20. The molecule has 2 aromatic rings. The van der Waals surface area contributed by atoms with Crippen molar-refractivity contribution in [1.82, 2.24) is 10.3 Å². The first-order chi connectivity index (χ1) is 12.5. The topological polar surface area (TPSA) is 101 Å². The molecule has 26 heavy (non-hydrogen) atoms. The summed E-state index contributed by atoms with van der Waals surface area (Å²) >= 11 is 1.20. The molecule has 8 heteroatoms. The number of carbonyl (C=O) groups is 2. The molecule has 3 rings (SSSR count). The first kappa shape index (κ1) is 18.3. The minimum atomic E-state index is -0.296. The Labute approximate surface area is 155 Å². The number of hydrogen-bond acceptors (Lipinski definition) is 6. The Hall–Kier alpha value is -2.45.